The topological polar surface area (TPSA) is 41.6 Å². The summed E-state index contributed by atoms with van der Waals surface area (Å²) in [5.41, 5.74) is 3.29. The second-order valence-electron chi connectivity index (χ2n) is 6.41. The molecule has 140 valence electrons. The average Bonchev–Trinajstić information content (AvgIpc) is 2.65. The third-order valence-corrected chi connectivity index (χ3v) is 5.46. The predicted molar refractivity (Wildman–Crippen MR) is 112 cm³/mol. The molecule has 1 aliphatic rings. The number of benzene rings is 2. The van der Waals surface area contributed by atoms with Crippen LogP contribution in [0, 0.1) is 0 Å². The molecule has 1 unspecified atom stereocenters. The van der Waals surface area contributed by atoms with Crippen LogP contribution in [0.3, 0.4) is 0 Å². The molecule has 4 nitrogen and oxygen atoms in total. The van der Waals surface area contributed by atoms with E-state index in [-0.39, 0.29) is 11.8 Å². The van der Waals surface area contributed by atoms with E-state index < -0.39 is 0 Å². The van der Waals surface area contributed by atoms with Gasteiger partial charge in [-0.3, -0.25) is 4.79 Å². The van der Waals surface area contributed by atoms with Crippen molar-refractivity contribution in [3.8, 4) is 5.75 Å². The molecule has 27 heavy (non-hydrogen) atoms. The molecule has 6 heteroatoms. The molecule has 0 amide bonds. The smallest absolute Gasteiger partial charge is 0.173 e. The lowest BCUT2D eigenvalue weighted by atomic mass is 9.92. The summed E-state index contributed by atoms with van der Waals surface area (Å²) in [4.78, 5) is 14.2. The maximum atomic E-state index is 12.4. The lowest BCUT2D eigenvalue weighted by Gasteiger charge is -2.36. The van der Waals surface area contributed by atoms with Crippen molar-refractivity contribution >= 4 is 34.7 Å². The van der Waals surface area contributed by atoms with Gasteiger partial charge in [0, 0.05) is 34.5 Å². The van der Waals surface area contributed by atoms with Crippen LogP contribution in [0.25, 0.3) is 0 Å². The van der Waals surface area contributed by atoms with Crippen LogP contribution in [0.15, 0.2) is 59.8 Å². The number of ether oxygens (including phenoxy) is 1. The van der Waals surface area contributed by atoms with E-state index in [1.54, 1.807) is 6.92 Å². The van der Waals surface area contributed by atoms with Crippen LogP contribution in [-0.2, 0) is 11.4 Å². The van der Waals surface area contributed by atoms with E-state index in [1.165, 1.54) is 0 Å². The molecule has 0 saturated carbocycles. The molecule has 0 fully saturated rings. The van der Waals surface area contributed by atoms with E-state index in [0.717, 1.165) is 16.8 Å². The number of hydrogen-bond acceptors (Lipinski definition) is 3. The van der Waals surface area contributed by atoms with Gasteiger partial charge in [-0.1, -0.05) is 48.0 Å². The minimum atomic E-state index is -0.353. The minimum Gasteiger partial charge on any atom is -0.488 e. The zero-order valence-corrected chi connectivity index (χ0v) is 17.0. The lowest BCUT2D eigenvalue weighted by molar-refractivity contribution is -0.114. The summed E-state index contributed by atoms with van der Waals surface area (Å²) in [6, 6.07) is 14.9. The molecule has 0 bridgehead atoms. The molecule has 3 rings (SSSR count). The Bertz CT molecular complexity index is 926. The number of allylic oxidation sites excluding steroid dienone is 1. The van der Waals surface area contributed by atoms with Gasteiger partial charge in [0.15, 0.2) is 10.9 Å². The number of halogens is 1. The highest BCUT2D eigenvalue weighted by Crippen LogP contribution is 2.35. The van der Waals surface area contributed by atoms with Crippen LogP contribution in [0.5, 0.6) is 5.75 Å². The molecule has 2 aromatic carbocycles. The van der Waals surface area contributed by atoms with Gasteiger partial charge in [0.2, 0.25) is 0 Å². The third-order valence-electron chi connectivity index (χ3n) is 4.70. The number of ketones is 1. The fourth-order valence-electron chi connectivity index (χ4n) is 3.15. The Hall–Kier alpha value is -2.37. The first kappa shape index (κ1) is 19.4. The molecule has 1 N–H and O–H groups in total. The van der Waals surface area contributed by atoms with Crippen LogP contribution >= 0.6 is 23.8 Å². The van der Waals surface area contributed by atoms with E-state index in [9.17, 15) is 4.79 Å². The van der Waals surface area contributed by atoms with Gasteiger partial charge >= 0.3 is 0 Å². The molecule has 2 aromatic rings. The fraction of sp³-hybridized carbons (Fsp3) is 0.238. The maximum absolute atomic E-state index is 12.4. The lowest BCUT2D eigenvalue weighted by Crippen LogP contribution is -2.45. The molecule has 1 heterocycles. The molecule has 0 spiro atoms. The first-order valence-electron chi connectivity index (χ1n) is 8.61. The molecule has 0 saturated heterocycles. The van der Waals surface area contributed by atoms with Gasteiger partial charge in [-0.25, -0.2) is 0 Å². The number of carbonyl (C=O) groups is 1. The van der Waals surface area contributed by atoms with Crippen molar-refractivity contribution < 1.29 is 9.53 Å². The Morgan fingerprint density at radius 3 is 2.59 bits per heavy atom. The Kier molecular flexibility index (Phi) is 5.82. The minimum absolute atomic E-state index is 0.000238. The highest BCUT2D eigenvalue weighted by molar-refractivity contribution is 7.80. The molecule has 0 aromatic heterocycles. The van der Waals surface area contributed by atoms with Crippen LogP contribution in [0.1, 0.15) is 31.0 Å². The molecule has 1 aliphatic heterocycles. The summed E-state index contributed by atoms with van der Waals surface area (Å²) >= 11 is 11.7. The predicted octanol–water partition coefficient (Wildman–Crippen LogP) is 4.64. The van der Waals surface area contributed by atoms with E-state index in [4.69, 9.17) is 28.6 Å². The summed E-state index contributed by atoms with van der Waals surface area (Å²) < 4.78 is 6.07. The number of carbonyl (C=O) groups excluding carboxylic acids is 1. The van der Waals surface area contributed by atoms with Gasteiger partial charge in [0.05, 0.1) is 6.04 Å². The Morgan fingerprint density at radius 1 is 1.22 bits per heavy atom. The van der Waals surface area contributed by atoms with Gasteiger partial charge in [-0.15, -0.1) is 0 Å². The van der Waals surface area contributed by atoms with Gasteiger partial charge in [-0.05, 0) is 38.2 Å². The number of para-hydroxylation sites is 1. The van der Waals surface area contributed by atoms with Gasteiger partial charge in [0.1, 0.15) is 12.4 Å². The summed E-state index contributed by atoms with van der Waals surface area (Å²) in [6.45, 7) is 3.82. The standard InChI is InChI=1S/C21H21ClN2O2S/c1-13-19(14(2)25)20(23-21(27)24(13)3)16-9-5-7-11-18(16)26-12-15-8-4-6-10-17(15)22/h4-11,20H,12H2,1-3H3,(H,23,27). The van der Waals surface area contributed by atoms with Gasteiger partial charge < -0.3 is 15.0 Å². The number of thiocarbonyl (C=S) groups is 1. The average molecular weight is 401 g/mol. The summed E-state index contributed by atoms with van der Waals surface area (Å²) in [6.07, 6.45) is 0. The zero-order chi connectivity index (χ0) is 19.6. The SMILES string of the molecule is CC(=O)C1=C(C)N(C)C(=S)NC1c1ccccc1OCc1ccccc1Cl. The Balaban J connectivity index is 1.96. The Labute approximate surface area is 169 Å². The van der Waals surface area contributed by atoms with Crippen molar-refractivity contribution in [2.75, 3.05) is 7.05 Å². The van der Waals surface area contributed by atoms with E-state index >= 15 is 0 Å². The monoisotopic (exact) mass is 400 g/mol. The first-order valence-corrected chi connectivity index (χ1v) is 9.39. The molecular formula is C21H21ClN2O2S. The zero-order valence-electron chi connectivity index (χ0n) is 15.5. The van der Waals surface area contributed by atoms with Crippen molar-refractivity contribution in [3.63, 3.8) is 0 Å². The fourth-order valence-corrected chi connectivity index (χ4v) is 3.59. The normalized spacial score (nSPS) is 17.0. The third kappa shape index (κ3) is 3.99. The van der Waals surface area contributed by atoms with E-state index in [1.807, 2.05) is 67.4 Å². The van der Waals surface area contributed by atoms with Crippen molar-refractivity contribution in [1.29, 1.82) is 0 Å². The summed E-state index contributed by atoms with van der Waals surface area (Å²) in [5.74, 6) is 0.689. The maximum Gasteiger partial charge on any atom is 0.173 e. The first-order chi connectivity index (χ1) is 12.9. The highest BCUT2D eigenvalue weighted by atomic mass is 35.5. The number of nitrogens with zero attached hydrogens (tertiary/aromatic N) is 1. The number of Topliss-reactive ketones (excluding diaryl/α,β-unsaturated/α-hetero) is 1. The quantitative estimate of drug-likeness (QED) is 0.740. The largest absolute Gasteiger partial charge is 0.488 e. The molecular weight excluding hydrogens is 380 g/mol. The van der Waals surface area contributed by atoms with Crippen molar-refractivity contribution in [2.45, 2.75) is 26.5 Å². The van der Waals surface area contributed by atoms with E-state index in [0.29, 0.717) is 28.1 Å². The highest BCUT2D eigenvalue weighted by Gasteiger charge is 2.32. The molecule has 1 atom stereocenters. The molecule has 0 aliphatic carbocycles. The van der Waals surface area contributed by atoms with Gasteiger partial charge in [-0.2, -0.15) is 0 Å². The second-order valence-corrected chi connectivity index (χ2v) is 7.21. The molecule has 0 radical (unpaired) electrons. The number of nitrogens with one attached hydrogen (secondary N) is 1. The van der Waals surface area contributed by atoms with Gasteiger partial charge in [0.25, 0.3) is 0 Å². The second kappa shape index (κ2) is 8.11. The Morgan fingerprint density at radius 2 is 1.89 bits per heavy atom. The van der Waals surface area contributed by atoms with Crippen LogP contribution in [0.2, 0.25) is 5.02 Å². The summed E-state index contributed by atoms with van der Waals surface area (Å²) in [7, 11) is 1.85. The summed E-state index contributed by atoms with van der Waals surface area (Å²) in [5, 5.41) is 4.50. The van der Waals surface area contributed by atoms with Crippen molar-refractivity contribution in [1.82, 2.24) is 10.2 Å². The number of hydrogen-bond donors (Lipinski definition) is 1. The van der Waals surface area contributed by atoms with Crippen LogP contribution in [-0.4, -0.2) is 22.8 Å². The number of rotatable bonds is 5. The van der Waals surface area contributed by atoms with E-state index in [2.05, 4.69) is 5.32 Å². The van der Waals surface area contributed by atoms with Crippen molar-refractivity contribution in [3.05, 3.63) is 76.0 Å². The van der Waals surface area contributed by atoms with Crippen LogP contribution in [0.4, 0.5) is 0 Å². The van der Waals surface area contributed by atoms with Crippen molar-refractivity contribution in [2.24, 2.45) is 0 Å². The van der Waals surface area contributed by atoms with Crippen LogP contribution < -0.4 is 10.1 Å².